The second kappa shape index (κ2) is 2.86. The first-order chi connectivity index (χ1) is 8.36. The molecule has 0 bridgehead atoms. The van der Waals surface area contributed by atoms with Crippen LogP contribution in [0.5, 0.6) is 0 Å². The first kappa shape index (κ1) is 8.76. The van der Waals surface area contributed by atoms with Gasteiger partial charge in [0.05, 0.1) is 5.69 Å². The Kier molecular flexibility index (Phi) is 1.47. The van der Waals surface area contributed by atoms with E-state index in [4.69, 9.17) is 0 Å². The summed E-state index contributed by atoms with van der Waals surface area (Å²) in [5.41, 5.74) is 3.66. The molecule has 80 valence electrons. The average Bonchev–Trinajstić information content (AvgIpc) is 2.81. The minimum atomic E-state index is 0.123. The molecule has 2 aromatic carbocycles. The quantitative estimate of drug-likeness (QED) is 0.483. The third kappa shape index (κ3) is 0.972. The molecule has 0 radical (unpaired) electrons. The third-order valence-electron chi connectivity index (χ3n) is 3.40. The molecule has 1 aliphatic carbocycles. The molecule has 0 atom stereocenters. The Morgan fingerprint density at radius 1 is 0.824 bits per heavy atom. The fourth-order valence-electron chi connectivity index (χ4n) is 2.64. The highest BCUT2D eigenvalue weighted by atomic mass is 16.1. The van der Waals surface area contributed by atoms with Crippen LogP contribution in [0.2, 0.25) is 0 Å². The maximum atomic E-state index is 12.4. The van der Waals surface area contributed by atoms with Gasteiger partial charge in [-0.1, -0.05) is 42.5 Å². The van der Waals surface area contributed by atoms with E-state index in [2.05, 4.69) is 4.98 Å². The molecule has 0 spiro atoms. The molecule has 0 unspecified atom stereocenters. The van der Waals surface area contributed by atoms with Crippen LogP contribution in [-0.4, -0.2) is 10.8 Å². The zero-order valence-electron chi connectivity index (χ0n) is 9.03. The van der Waals surface area contributed by atoms with Crippen LogP contribution in [0, 0.1) is 0 Å². The van der Waals surface area contributed by atoms with E-state index in [1.165, 1.54) is 0 Å². The molecular weight excluding hydrogens is 210 g/mol. The number of nitrogens with one attached hydrogen (secondary N) is 1. The first-order valence-corrected chi connectivity index (χ1v) is 5.60. The fraction of sp³-hybridized carbons (Fsp3) is 0. The van der Waals surface area contributed by atoms with E-state index in [0.717, 1.165) is 33.2 Å². The SMILES string of the molecule is O=C1c2ccccc2-c2[nH]cc3cccc1c23. The van der Waals surface area contributed by atoms with E-state index >= 15 is 0 Å². The summed E-state index contributed by atoms with van der Waals surface area (Å²) in [6, 6.07) is 13.6. The van der Waals surface area contributed by atoms with Gasteiger partial charge in [-0.2, -0.15) is 0 Å². The maximum Gasteiger partial charge on any atom is 0.194 e. The minimum Gasteiger partial charge on any atom is -0.360 e. The van der Waals surface area contributed by atoms with Crippen molar-refractivity contribution in [1.82, 2.24) is 4.98 Å². The van der Waals surface area contributed by atoms with Gasteiger partial charge < -0.3 is 4.98 Å². The van der Waals surface area contributed by atoms with Crippen molar-refractivity contribution in [2.75, 3.05) is 0 Å². The molecular formula is C15H9NO. The van der Waals surface area contributed by atoms with Gasteiger partial charge in [0.1, 0.15) is 0 Å². The maximum absolute atomic E-state index is 12.4. The van der Waals surface area contributed by atoms with Crippen LogP contribution in [0.1, 0.15) is 15.9 Å². The van der Waals surface area contributed by atoms with Crippen molar-refractivity contribution in [2.45, 2.75) is 0 Å². The van der Waals surface area contributed by atoms with Gasteiger partial charge in [-0.05, 0) is 0 Å². The number of aromatic nitrogens is 1. The highest BCUT2D eigenvalue weighted by molar-refractivity contribution is 6.25. The Morgan fingerprint density at radius 2 is 1.59 bits per heavy atom. The van der Waals surface area contributed by atoms with Gasteiger partial charge >= 0.3 is 0 Å². The predicted octanol–water partition coefficient (Wildman–Crippen LogP) is 3.38. The summed E-state index contributed by atoms with van der Waals surface area (Å²) in [6.07, 6.45) is 1.96. The summed E-state index contributed by atoms with van der Waals surface area (Å²) in [5.74, 6) is 0.123. The summed E-state index contributed by atoms with van der Waals surface area (Å²) < 4.78 is 0. The molecule has 2 nitrogen and oxygen atoms in total. The molecule has 1 aromatic heterocycles. The molecule has 1 N–H and O–H groups in total. The number of ketones is 1. The van der Waals surface area contributed by atoms with Crippen LogP contribution in [0.3, 0.4) is 0 Å². The Bertz CT molecular complexity index is 767. The summed E-state index contributed by atoms with van der Waals surface area (Å²) in [7, 11) is 0. The number of hydrogen-bond donors (Lipinski definition) is 1. The topological polar surface area (TPSA) is 32.9 Å². The summed E-state index contributed by atoms with van der Waals surface area (Å²) in [5, 5.41) is 2.15. The lowest BCUT2D eigenvalue weighted by atomic mass is 9.87. The lowest BCUT2D eigenvalue weighted by Crippen LogP contribution is -2.08. The second-order valence-electron chi connectivity index (χ2n) is 4.31. The van der Waals surface area contributed by atoms with Gasteiger partial charge in [0.2, 0.25) is 0 Å². The minimum absolute atomic E-state index is 0.123. The van der Waals surface area contributed by atoms with Crippen LogP contribution in [0.25, 0.3) is 22.0 Å². The summed E-state index contributed by atoms with van der Waals surface area (Å²) >= 11 is 0. The van der Waals surface area contributed by atoms with Crippen LogP contribution in [0.4, 0.5) is 0 Å². The number of carbonyl (C=O) groups excluding carboxylic acids is 1. The van der Waals surface area contributed by atoms with Gasteiger partial charge in [0.15, 0.2) is 5.78 Å². The van der Waals surface area contributed by atoms with E-state index in [1.54, 1.807) is 0 Å². The molecule has 1 heterocycles. The van der Waals surface area contributed by atoms with E-state index in [-0.39, 0.29) is 5.78 Å². The molecule has 0 saturated heterocycles. The molecule has 0 saturated carbocycles. The molecule has 17 heavy (non-hydrogen) atoms. The Morgan fingerprint density at radius 3 is 2.47 bits per heavy atom. The van der Waals surface area contributed by atoms with Crippen molar-refractivity contribution in [3.8, 4) is 11.3 Å². The third-order valence-corrected chi connectivity index (χ3v) is 3.40. The molecule has 0 fully saturated rings. The zero-order valence-corrected chi connectivity index (χ0v) is 9.03. The molecule has 1 aliphatic rings. The number of rotatable bonds is 0. The summed E-state index contributed by atoms with van der Waals surface area (Å²) in [4.78, 5) is 15.7. The van der Waals surface area contributed by atoms with Crippen molar-refractivity contribution in [2.24, 2.45) is 0 Å². The van der Waals surface area contributed by atoms with Crippen molar-refractivity contribution < 1.29 is 4.79 Å². The van der Waals surface area contributed by atoms with E-state index in [0.29, 0.717) is 0 Å². The molecule has 0 amide bonds. The highest BCUT2D eigenvalue weighted by Gasteiger charge is 2.25. The number of H-pyrrole nitrogens is 1. The zero-order chi connectivity index (χ0) is 11.4. The standard InChI is InChI=1S/C15H9NO/c17-15-11-6-2-1-5-10(11)14-13-9(8-16-14)4-3-7-12(13)15/h1-8,16H. The highest BCUT2D eigenvalue weighted by Crippen LogP contribution is 2.38. The Labute approximate surface area is 97.9 Å². The monoisotopic (exact) mass is 219 g/mol. The number of benzene rings is 2. The van der Waals surface area contributed by atoms with Crippen LogP contribution >= 0.6 is 0 Å². The van der Waals surface area contributed by atoms with Crippen molar-refractivity contribution in [1.29, 1.82) is 0 Å². The predicted molar refractivity (Wildman–Crippen MR) is 67.2 cm³/mol. The number of fused-ring (bicyclic) bond motifs is 2. The van der Waals surface area contributed by atoms with Crippen LogP contribution in [0.15, 0.2) is 48.7 Å². The molecule has 4 rings (SSSR count). The smallest absolute Gasteiger partial charge is 0.194 e. The van der Waals surface area contributed by atoms with Crippen molar-refractivity contribution >= 4 is 16.6 Å². The van der Waals surface area contributed by atoms with Crippen molar-refractivity contribution in [3.05, 3.63) is 59.8 Å². The fourth-order valence-corrected chi connectivity index (χ4v) is 2.64. The average molecular weight is 219 g/mol. The van der Waals surface area contributed by atoms with E-state index in [1.807, 2.05) is 48.7 Å². The summed E-state index contributed by atoms with van der Waals surface area (Å²) in [6.45, 7) is 0. The van der Waals surface area contributed by atoms with E-state index < -0.39 is 0 Å². The van der Waals surface area contributed by atoms with Gasteiger partial charge in [0.25, 0.3) is 0 Å². The lowest BCUT2D eigenvalue weighted by molar-refractivity contribution is 0.104. The van der Waals surface area contributed by atoms with Gasteiger partial charge in [0, 0.05) is 33.7 Å². The first-order valence-electron chi connectivity index (χ1n) is 5.60. The number of carbonyl (C=O) groups is 1. The van der Waals surface area contributed by atoms with Gasteiger partial charge in [-0.15, -0.1) is 0 Å². The number of aromatic amines is 1. The van der Waals surface area contributed by atoms with Gasteiger partial charge in [-0.3, -0.25) is 4.79 Å². The molecule has 0 aliphatic heterocycles. The molecule has 3 aromatic rings. The van der Waals surface area contributed by atoms with Gasteiger partial charge in [-0.25, -0.2) is 0 Å². The normalized spacial score (nSPS) is 12.8. The van der Waals surface area contributed by atoms with Crippen molar-refractivity contribution in [3.63, 3.8) is 0 Å². The molecule has 2 heteroatoms. The van der Waals surface area contributed by atoms with Crippen LogP contribution in [-0.2, 0) is 0 Å². The second-order valence-corrected chi connectivity index (χ2v) is 4.31. The number of hydrogen-bond acceptors (Lipinski definition) is 1. The van der Waals surface area contributed by atoms with Crippen LogP contribution < -0.4 is 0 Å². The Hall–Kier alpha value is -2.35. The lowest BCUT2D eigenvalue weighted by Gasteiger charge is -2.15. The van der Waals surface area contributed by atoms with E-state index in [9.17, 15) is 4.79 Å². The largest absolute Gasteiger partial charge is 0.360 e. The Balaban J connectivity index is 2.27.